The molecule has 0 aromatic rings. The summed E-state index contributed by atoms with van der Waals surface area (Å²) in [5.74, 6) is 0.135. The largest absolute Gasteiger partial charge is 0.314 e. The Kier molecular flexibility index (Phi) is 3.69. The van der Waals surface area contributed by atoms with Crippen molar-refractivity contribution in [1.82, 2.24) is 4.90 Å². The van der Waals surface area contributed by atoms with E-state index in [4.69, 9.17) is 0 Å². The van der Waals surface area contributed by atoms with Crippen molar-refractivity contribution in [3.8, 4) is 0 Å². The smallest absolute Gasteiger partial charge is 0.237 e. The van der Waals surface area contributed by atoms with E-state index in [-0.39, 0.29) is 11.8 Å². The van der Waals surface area contributed by atoms with Crippen LogP contribution in [0.3, 0.4) is 0 Å². The Hall–Kier alpha value is -1.31. The summed E-state index contributed by atoms with van der Waals surface area (Å²) in [4.78, 5) is 13.6. The molecule has 14 heavy (non-hydrogen) atoms. The molecule has 76 valence electrons. The zero-order valence-corrected chi connectivity index (χ0v) is 9.03. The molecule has 1 amide bonds. The minimum atomic E-state index is -0.0406. The van der Waals surface area contributed by atoms with Crippen LogP contribution in [-0.4, -0.2) is 17.4 Å². The third kappa shape index (κ3) is 1.95. The number of allylic oxidation sites excluding steroid dienone is 3. The lowest BCUT2D eigenvalue weighted by atomic mass is 10.0. The highest BCUT2D eigenvalue weighted by atomic mass is 16.2. The minimum absolute atomic E-state index is 0.0406. The van der Waals surface area contributed by atoms with Gasteiger partial charge < -0.3 is 4.90 Å². The molecular weight excluding hydrogens is 174 g/mol. The summed E-state index contributed by atoms with van der Waals surface area (Å²) in [6, 6.07) is 0. The van der Waals surface area contributed by atoms with Crippen molar-refractivity contribution < 1.29 is 4.79 Å². The van der Waals surface area contributed by atoms with Gasteiger partial charge in [0.2, 0.25) is 5.91 Å². The number of amides is 1. The molecule has 1 rings (SSSR count). The molecule has 1 heterocycles. The van der Waals surface area contributed by atoms with Crippen LogP contribution in [0.15, 0.2) is 36.1 Å². The number of hydrogen-bond acceptors (Lipinski definition) is 1. The topological polar surface area (TPSA) is 20.3 Å². The first-order chi connectivity index (χ1) is 6.74. The van der Waals surface area contributed by atoms with Gasteiger partial charge in [0, 0.05) is 12.7 Å². The second-order valence-electron chi connectivity index (χ2n) is 3.32. The van der Waals surface area contributed by atoms with Crippen molar-refractivity contribution >= 4 is 5.91 Å². The van der Waals surface area contributed by atoms with Crippen molar-refractivity contribution in [3.05, 3.63) is 36.1 Å². The predicted molar refractivity (Wildman–Crippen MR) is 58.6 cm³/mol. The molecule has 0 radical (unpaired) electrons. The van der Waals surface area contributed by atoms with Gasteiger partial charge in [-0.05, 0) is 26.3 Å². The third-order valence-corrected chi connectivity index (χ3v) is 2.39. The van der Waals surface area contributed by atoms with Crippen LogP contribution in [0.1, 0.15) is 20.8 Å². The molecule has 0 aromatic heterocycles. The zero-order chi connectivity index (χ0) is 10.6. The van der Waals surface area contributed by atoms with E-state index in [0.29, 0.717) is 0 Å². The van der Waals surface area contributed by atoms with Crippen LogP contribution >= 0.6 is 0 Å². The van der Waals surface area contributed by atoms with Crippen LogP contribution in [0, 0.1) is 5.92 Å². The van der Waals surface area contributed by atoms with Crippen LogP contribution in [0.5, 0.6) is 0 Å². The van der Waals surface area contributed by atoms with Gasteiger partial charge in [0.15, 0.2) is 0 Å². The van der Waals surface area contributed by atoms with Crippen LogP contribution in [-0.2, 0) is 4.79 Å². The van der Waals surface area contributed by atoms with E-state index in [0.717, 1.165) is 6.54 Å². The fourth-order valence-corrected chi connectivity index (χ4v) is 1.69. The van der Waals surface area contributed by atoms with Gasteiger partial charge >= 0.3 is 0 Å². The Morgan fingerprint density at radius 1 is 1.29 bits per heavy atom. The molecule has 2 heteroatoms. The average molecular weight is 191 g/mol. The van der Waals surface area contributed by atoms with Gasteiger partial charge in [-0.15, -0.1) is 0 Å². The van der Waals surface area contributed by atoms with E-state index in [1.165, 1.54) is 5.57 Å². The Bertz CT molecular complexity index is 299. The summed E-state index contributed by atoms with van der Waals surface area (Å²) in [7, 11) is 0. The first-order valence-electron chi connectivity index (χ1n) is 4.95. The maximum atomic E-state index is 11.8. The molecule has 0 saturated carbocycles. The van der Waals surface area contributed by atoms with Gasteiger partial charge in [0.05, 0.1) is 5.92 Å². The molecule has 0 aromatic carbocycles. The monoisotopic (exact) mass is 191 g/mol. The van der Waals surface area contributed by atoms with E-state index in [1.807, 2.05) is 51.3 Å². The fourth-order valence-electron chi connectivity index (χ4n) is 1.69. The number of rotatable bonds is 2. The second kappa shape index (κ2) is 4.80. The van der Waals surface area contributed by atoms with Gasteiger partial charge in [0.25, 0.3) is 0 Å². The summed E-state index contributed by atoms with van der Waals surface area (Å²) in [5.41, 5.74) is 1.19. The van der Waals surface area contributed by atoms with Crippen molar-refractivity contribution in [2.24, 2.45) is 5.92 Å². The van der Waals surface area contributed by atoms with E-state index in [2.05, 4.69) is 0 Å². The van der Waals surface area contributed by atoms with Crippen LogP contribution in [0.2, 0.25) is 0 Å². The Labute approximate surface area is 85.6 Å². The maximum absolute atomic E-state index is 11.8. The molecule has 1 aliphatic rings. The van der Waals surface area contributed by atoms with Crippen LogP contribution < -0.4 is 0 Å². The zero-order valence-electron chi connectivity index (χ0n) is 9.03. The van der Waals surface area contributed by atoms with Crippen molar-refractivity contribution in [3.63, 3.8) is 0 Å². The Morgan fingerprint density at radius 2 is 2.00 bits per heavy atom. The van der Waals surface area contributed by atoms with Gasteiger partial charge in [-0.3, -0.25) is 4.79 Å². The van der Waals surface area contributed by atoms with E-state index in [9.17, 15) is 4.79 Å². The van der Waals surface area contributed by atoms with E-state index >= 15 is 0 Å². The summed E-state index contributed by atoms with van der Waals surface area (Å²) in [6.45, 7) is 6.58. The fraction of sp³-hybridized carbons (Fsp3) is 0.417. The standard InChI is InChI=1S/C12H17NO/c1-4-7-11-10(6-3)9-13(8-5-2)12(11)14/h4-8,11H,9H2,1-3H3. The molecule has 1 fully saturated rings. The lowest BCUT2D eigenvalue weighted by Gasteiger charge is -2.07. The SMILES string of the molecule is CC=CC1C(=O)N(C=CC)CC1=CC. The second-order valence-corrected chi connectivity index (χ2v) is 3.32. The normalized spacial score (nSPS) is 26.2. The van der Waals surface area contributed by atoms with Crippen LogP contribution in [0.4, 0.5) is 0 Å². The third-order valence-electron chi connectivity index (χ3n) is 2.39. The summed E-state index contributed by atoms with van der Waals surface area (Å²) in [5, 5.41) is 0. The Morgan fingerprint density at radius 3 is 2.50 bits per heavy atom. The maximum Gasteiger partial charge on any atom is 0.237 e. The summed E-state index contributed by atoms with van der Waals surface area (Å²) < 4.78 is 0. The van der Waals surface area contributed by atoms with Gasteiger partial charge in [-0.2, -0.15) is 0 Å². The highest BCUT2D eigenvalue weighted by Gasteiger charge is 2.31. The molecule has 0 N–H and O–H groups in total. The number of carbonyl (C=O) groups is 1. The van der Waals surface area contributed by atoms with Gasteiger partial charge in [-0.25, -0.2) is 0 Å². The predicted octanol–water partition coefficient (Wildman–Crippen LogP) is 2.50. The number of likely N-dealkylation sites (tertiary alicyclic amines) is 1. The van der Waals surface area contributed by atoms with Crippen LogP contribution in [0.25, 0.3) is 0 Å². The number of carbonyl (C=O) groups excluding carboxylic acids is 1. The molecule has 0 bridgehead atoms. The average Bonchev–Trinajstić information content (AvgIpc) is 2.47. The van der Waals surface area contributed by atoms with E-state index in [1.54, 1.807) is 4.90 Å². The molecular formula is C12H17NO. The molecule has 1 atom stereocenters. The summed E-state index contributed by atoms with van der Waals surface area (Å²) in [6.07, 6.45) is 9.66. The highest BCUT2D eigenvalue weighted by Crippen LogP contribution is 2.25. The number of hydrogen-bond donors (Lipinski definition) is 0. The Balaban J connectivity index is 2.91. The highest BCUT2D eigenvalue weighted by molar-refractivity contribution is 5.87. The lowest BCUT2D eigenvalue weighted by Crippen LogP contribution is -2.20. The summed E-state index contributed by atoms with van der Waals surface area (Å²) >= 11 is 0. The first kappa shape index (κ1) is 10.8. The molecule has 2 nitrogen and oxygen atoms in total. The van der Waals surface area contributed by atoms with Crippen molar-refractivity contribution in [2.75, 3.05) is 6.54 Å². The molecule has 0 spiro atoms. The minimum Gasteiger partial charge on any atom is -0.314 e. The van der Waals surface area contributed by atoms with E-state index < -0.39 is 0 Å². The molecule has 0 aliphatic carbocycles. The molecule has 1 aliphatic heterocycles. The molecule has 1 saturated heterocycles. The van der Waals surface area contributed by atoms with Gasteiger partial charge in [0.1, 0.15) is 0 Å². The van der Waals surface area contributed by atoms with Crippen molar-refractivity contribution in [2.45, 2.75) is 20.8 Å². The number of nitrogens with zero attached hydrogens (tertiary/aromatic N) is 1. The van der Waals surface area contributed by atoms with Gasteiger partial charge in [-0.1, -0.05) is 24.3 Å². The first-order valence-corrected chi connectivity index (χ1v) is 4.95. The quantitative estimate of drug-likeness (QED) is 0.614. The lowest BCUT2D eigenvalue weighted by molar-refractivity contribution is -0.127. The molecule has 1 unspecified atom stereocenters. The van der Waals surface area contributed by atoms with Crippen molar-refractivity contribution in [1.29, 1.82) is 0 Å².